The van der Waals surface area contributed by atoms with Gasteiger partial charge in [0, 0.05) is 11.5 Å². The highest BCUT2D eigenvalue weighted by molar-refractivity contribution is 5.84. The summed E-state index contributed by atoms with van der Waals surface area (Å²) < 4.78 is 4.79. The Labute approximate surface area is 76.8 Å². The van der Waals surface area contributed by atoms with Crippen molar-refractivity contribution in [3.8, 4) is 0 Å². The van der Waals surface area contributed by atoms with E-state index in [9.17, 15) is 0 Å². The SMILES string of the molecule is Cc1nocc1CN=C(N)C1CC1. The molecule has 2 rings (SSSR count). The summed E-state index contributed by atoms with van der Waals surface area (Å²) in [5.74, 6) is 1.32. The molecule has 0 unspecified atom stereocenters. The van der Waals surface area contributed by atoms with E-state index in [1.807, 2.05) is 6.92 Å². The van der Waals surface area contributed by atoms with Crippen LogP contribution in [0.5, 0.6) is 0 Å². The van der Waals surface area contributed by atoms with Crippen LogP contribution in [0.25, 0.3) is 0 Å². The highest BCUT2D eigenvalue weighted by Crippen LogP contribution is 2.28. The van der Waals surface area contributed by atoms with Gasteiger partial charge in [0.1, 0.15) is 6.26 Å². The second-order valence-electron chi connectivity index (χ2n) is 3.44. The molecule has 0 bridgehead atoms. The van der Waals surface area contributed by atoms with Crippen LogP contribution in [-0.2, 0) is 6.54 Å². The Balaban J connectivity index is 1.98. The van der Waals surface area contributed by atoms with Crippen LogP contribution in [0.3, 0.4) is 0 Å². The van der Waals surface area contributed by atoms with Gasteiger partial charge in [0.2, 0.25) is 0 Å². The van der Waals surface area contributed by atoms with Gasteiger partial charge in [-0.1, -0.05) is 5.16 Å². The van der Waals surface area contributed by atoms with Crippen LogP contribution < -0.4 is 5.73 Å². The predicted octanol–water partition coefficient (Wildman–Crippen LogP) is 1.25. The third-order valence-electron chi connectivity index (χ3n) is 2.28. The highest BCUT2D eigenvalue weighted by atomic mass is 16.5. The van der Waals surface area contributed by atoms with Gasteiger partial charge in [0.05, 0.1) is 18.1 Å². The molecule has 0 aromatic carbocycles. The van der Waals surface area contributed by atoms with Gasteiger partial charge in [0.25, 0.3) is 0 Å². The van der Waals surface area contributed by atoms with Crippen molar-refractivity contribution >= 4 is 5.84 Å². The van der Waals surface area contributed by atoms with Crippen molar-refractivity contribution in [3.63, 3.8) is 0 Å². The van der Waals surface area contributed by atoms with E-state index < -0.39 is 0 Å². The van der Waals surface area contributed by atoms with E-state index in [0.29, 0.717) is 12.5 Å². The maximum atomic E-state index is 5.74. The van der Waals surface area contributed by atoms with E-state index in [1.165, 1.54) is 12.8 Å². The number of nitrogens with zero attached hydrogens (tertiary/aromatic N) is 2. The predicted molar refractivity (Wildman–Crippen MR) is 49.3 cm³/mol. The Morgan fingerprint density at radius 3 is 3.08 bits per heavy atom. The lowest BCUT2D eigenvalue weighted by atomic mass is 10.3. The maximum absolute atomic E-state index is 5.74. The van der Waals surface area contributed by atoms with Gasteiger partial charge in [-0.3, -0.25) is 4.99 Å². The molecule has 1 aliphatic rings. The summed E-state index contributed by atoms with van der Waals surface area (Å²) in [5, 5.41) is 3.77. The molecule has 0 spiro atoms. The number of rotatable bonds is 3. The van der Waals surface area contributed by atoms with E-state index in [1.54, 1.807) is 6.26 Å². The van der Waals surface area contributed by atoms with Crippen LogP contribution in [0.4, 0.5) is 0 Å². The molecule has 0 radical (unpaired) electrons. The molecule has 1 aromatic heterocycles. The molecule has 0 aliphatic heterocycles. The molecule has 4 nitrogen and oxygen atoms in total. The van der Waals surface area contributed by atoms with Crippen LogP contribution >= 0.6 is 0 Å². The summed E-state index contributed by atoms with van der Waals surface area (Å²) in [5.41, 5.74) is 7.66. The van der Waals surface area contributed by atoms with Gasteiger partial charge in [-0.2, -0.15) is 0 Å². The zero-order chi connectivity index (χ0) is 9.26. The van der Waals surface area contributed by atoms with Gasteiger partial charge < -0.3 is 10.3 Å². The normalized spacial score (nSPS) is 17.8. The van der Waals surface area contributed by atoms with Crippen molar-refractivity contribution in [1.29, 1.82) is 0 Å². The van der Waals surface area contributed by atoms with Gasteiger partial charge >= 0.3 is 0 Å². The standard InChI is InChI=1S/C9H13N3O/c1-6-8(5-13-12-6)4-11-9(10)7-2-3-7/h5,7H,2-4H2,1H3,(H2,10,11). The Bertz CT molecular complexity index is 325. The smallest absolute Gasteiger partial charge is 0.129 e. The van der Waals surface area contributed by atoms with Crippen LogP contribution in [0.15, 0.2) is 15.8 Å². The number of aliphatic imine (C=N–C) groups is 1. The van der Waals surface area contributed by atoms with Crippen molar-refractivity contribution in [2.45, 2.75) is 26.3 Å². The lowest BCUT2D eigenvalue weighted by Crippen LogP contribution is -2.14. The van der Waals surface area contributed by atoms with E-state index in [2.05, 4.69) is 10.1 Å². The third-order valence-corrected chi connectivity index (χ3v) is 2.28. The first-order valence-corrected chi connectivity index (χ1v) is 4.47. The molecule has 1 aromatic rings. The minimum atomic E-state index is 0.542. The van der Waals surface area contributed by atoms with Gasteiger partial charge in [0.15, 0.2) is 0 Å². The fourth-order valence-corrected chi connectivity index (χ4v) is 1.15. The van der Waals surface area contributed by atoms with Crippen molar-refractivity contribution in [1.82, 2.24) is 5.16 Å². The Hall–Kier alpha value is -1.32. The fraction of sp³-hybridized carbons (Fsp3) is 0.556. The summed E-state index contributed by atoms with van der Waals surface area (Å²) in [4.78, 5) is 4.28. The molecule has 0 atom stereocenters. The van der Waals surface area contributed by atoms with Gasteiger partial charge in [-0.05, 0) is 19.8 Å². The van der Waals surface area contributed by atoms with Gasteiger partial charge in [-0.15, -0.1) is 0 Å². The second kappa shape index (κ2) is 3.20. The Kier molecular flexibility index (Phi) is 2.04. The van der Waals surface area contributed by atoms with Crippen LogP contribution in [0.2, 0.25) is 0 Å². The first-order chi connectivity index (χ1) is 6.27. The monoisotopic (exact) mass is 179 g/mol. The zero-order valence-electron chi connectivity index (χ0n) is 7.66. The zero-order valence-corrected chi connectivity index (χ0v) is 7.66. The van der Waals surface area contributed by atoms with E-state index in [-0.39, 0.29) is 0 Å². The molecular weight excluding hydrogens is 166 g/mol. The lowest BCUT2D eigenvalue weighted by Gasteiger charge is -1.95. The third kappa shape index (κ3) is 1.88. The number of amidine groups is 1. The Morgan fingerprint density at radius 2 is 2.54 bits per heavy atom. The number of aryl methyl sites for hydroxylation is 1. The number of hydrogen-bond donors (Lipinski definition) is 1. The average Bonchev–Trinajstić information content (AvgIpc) is 2.88. The summed E-state index contributed by atoms with van der Waals surface area (Å²) in [6.45, 7) is 2.50. The van der Waals surface area contributed by atoms with Crippen molar-refractivity contribution < 1.29 is 4.52 Å². The molecule has 1 saturated carbocycles. The van der Waals surface area contributed by atoms with Gasteiger partial charge in [-0.25, -0.2) is 0 Å². The van der Waals surface area contributed by atoms with Crippen LogP contribution in [0, 0.1) is 12.8 Å². The van der Waals surface area contributed by atoms with Crippen molar-refractivity contribution in [2.75, 3.05) is 0 Å². The first-order valence-electron chi connectivity index (χ1n) is 4.47. The molecule has 13 heavy (non-hydrogen) atoms. The molecule has 2 N–H and O–H groups in total. The number of nitrogens with two attached hydrogens (primary N) is 1. The molecule has 0 saturated heterocycles. The average molecular weight is 179 g/mol. The van der Waals surface area contributed by atoms with Crippen molar-refractivity contribution in [2.24, 2.45) is 16.6 Å². The first kappa shape index (κ1) is 8.29. The highest BCUT2D eigenvalue weighted by Gasteiger charge is 2.25. The molecular formula is C9H13N3O. The Morgan fingerprint density at radius 1 is 1.77 bits per heavy atom. The van der Waals surface area contributed by atoms with E-state index in [0.717, 1.165) is 17.1 Å². The lowest BCUT2D eigenvalue weighted by molar-refractivity contribution is 0.414. The van der Waals surface area contributed by atoms with Crippen LogP contribution in [-0.4, -0.2) is 11.0 Å². The summed E-state index contributed by atoms with van der Waals surface area (Å²) in [7, 11) is 0. The fourth-order valence-electron chi connectivity index (χ4n) is 1.15. The summed E-state index contributed by atoms with van der Waals surface area (Å²) >= 11 is 0. The molecule has 1 aliphatic carbocycles. The van der Waals surface area contributed by atoms with Crippen LogP contribution in [0.1, 0.15) is 24.1 Å². The largest absolute Gasteiger partial charge is 0.387 e. The molecule has 70 valence electrons. The van der Waals surface area contributed by atoms with E-state index >= 15 is 0 Å². The maximum Gasteiger partial charge on any atom is 0.129 e. The molecule has 4 heteroatoms. The summed E-state index contributed by atoms with van der Waals surface area (Å²) in [6, 6.07) is 0. The summed E-state index contributed by atoms with van der Waals surface area (Å²) in [6.07, 6.45) is 4.01. The molecule has 0 amide bonds. The molecule has 1 heterocycles. The minimum absolute atomic E-state index is 0.542. The minimum Gasteiger partial charge on any atom is -0.387 e. The number of hydrogen-bond acceptors (Lipinski definition) is 3. The number of aromatic nitrogens is 1. The van der Waals surface area contributed by atoms with E-state index in [4.69, 9.17) is 10.3 Å². The van der Waals surface area contributed by atoms with Crippen molar-refractivity contribution in [3.05, 3.63) is 17.5 Å². The molecule has 1 fully saturated rings. The quantitative estimate of drug-likeness (QED) is 0.561. The topological polar surface area (TPSA) is 64.4 Å². The second-order valence-corrected chi connectivity index (χ2v) is 3.44.